The molecule has 0 atom stereocenters. The zero-order valence-corrected chi connectivity index (χ0v) is 11.7. The number of hydrogen-bond donors (Lipinski definition) is 1. The summed E-state index contributed by atoms with van der Waals surface area (Å²) in [5, 5.41) is 0. The quantitative estimate of drug-likeness (QED) is 0.830. The Morgan fingerprint density at radius 3 is 2.67 bits per heavy atom. The fourth-order valence-electron chi connectivity index (χ4n) is 2.20. The first-order valence-corrected chi connectivity index (χ1v) is 6.60. The normalized spacial score (nSPS) is 18.7. The summed E-state index contributed by atoms with van der Waals surface area (Å²) in [6.45, 7) is 6.00. The highest BCUT2D eigenvalue weighted by Gasteiger charge is 2.33. The molecule has 1 fully saturated rings. The maximum Gasteiger partial charge on any atom is 0.227 e. The molecule has 3 nitrogen and oxygen atoms in total. The van der Waals surface area contributed by atoms with E-state index < -0.39 is 0 Å². The van der Waals surface area contributed by atoms with E-state index in [4.69, 9.17) is 4.74 Å². The molecule has 1 amide bonds. The van der Waals surface area contributed by atoms with Gasteiger partial charge < -0.3 is 9.64 Å². The molecule has 1 aliphatic rings. The number of rotatable bonds is 2. The molecule has 0 spiro atoms. The Kier molecular flexibility index (Phi) is 3.97. The van der Waals surface area contributed by atoms with E-state index in [0.717, 1.165) is 10.5 Å². The molecule has 2 rings (SSSR count). The minimum Gasteiger partial charge on any atom is -0.377 e. The molecule has 4 heteroatoms. The zero-order chi connectivity index (χ0) is 13.2. The minimum atomic E-state index is -0.210. The van der Waals surface area contributed by atoms with Gasteiger partial charge in [0.25, 0.3) is 0 Å². The lowest BCUT2D eigenvalue weighted by Gasteiger charge is -2.42. The molecule has 0 aliphatic carbocycles. The summed E-state index contributed by atoms with van der Waals surface area (Å²) in [4.78, 5) is 15.2. The van der Waals surface area contributed by atoms with Gasteiger partial charge in [-0.3, -0.25) is 4.79 Å². The molecule has 1 saturated heterocycles. The summed E-state index contributed by atoms with van der Waals surface area (Å²) >= 11 is 4.24. The Labute approximate surface area is 114 Å². The maximum absolute atomic E-state index is 12.3. The van der Waals surface area contributed by atoms with Crippen molar-refractivity contribution in [1.29, 1.82) is 0 Å². The molecule has 1 aromatic rings. The second-order valence-corrected chi connectivity index (χ2v) is 5.77. The first-order valence-electron chi connectivity index (χ1n) is 6.15. The van der Waals surface area contributed by atoms with E-state index in [2.05, 4.69) is 12.6 Å². The predicted molar refractivity (Wildman–Crippen MR) is 74.0 cm³/mol. The summed E-state index contributed by atoms with van der Waals surface area (Å²) in [5.74, 6) is 0.162. The van der Waals surface area contributed by atoms with Gasteiger partial charge in [0.15, 0.2) is 0 Å². The number of ether oxygens (including phenoxy) is 1. The second kappa shape index (κ2) is 5.33. The van der Waals surface area contributed by atoms with Crippen LogP contribution in [-0.4, -0.2) is 36.1 Å². The van der Waals surface area contributed by atoms with Crippen LogP contribution in [0.3, 0.4) is 0 Å². The van der Waals surface area contributed by atoms with Gasteiger partial charge in [-0.05, 0) is 31.5 Å². The lowest BCUT2D eigenvalue weighted by Crippen LogP contribution is -2.55. The van der Waals surface area contributed by atoms with Crippen molar-refractivity contribution in [3.63, 3.8) is 0 Å². The number of hydrogen-bond acceptors (Lipinski definition) is 3. The van der Waals surface area contributed by atoms with Crippen molar-refractivity contribution in [3.8, 4) is 0 Å². The topological polar surface area (TPSA) is 29.5 Å². The second-order valence-electron chi connectivity index (χ2n) is 5.25. The zero-order valence-electron chi connectivity index (χ0n) is 10.8. The lowest BCUT2D eigenvalue weighted by molar-refractivity contribution is -0.145. The van der Waals surface area contributed by atoms with E-state index >= 15 is 0 Å². The first-order chi connectivity index (χ1) is 8.49. The van der Waals surface area contributed by atoms with Crippen LogP contribution in [0, 0.1) is 0 Å². The van der Waals surface area contributed by atoms with Crippen molar-refractivity contribution in [2.75, 3.05) is 19.8 Å². The summed E-state index contributed by atoms with van der Waals surface area (Å²) < 4.78 is 5.43. The number of carbonyl (C=O) groups excluding carboxylic acids is 1. The van der Waals surface area contributed by atoms with Gasteiger partial charge in [0.2, 0.25) is 5.91 Å². The van der Waals surface area contributed by atoms with Crippen LogP contribution in [0.2, 0.25) is 0 Å². The van der Waals surface area contributed by atoms with E-state index in [9.17, 15) is 4.79 Å². The molecule has 1 aliphatic heterocycles. The number of thiol groups is 1. The Balaban J connectivity index is 2.05. The Morgan fingerprint density at radius 2 is 2.06 bits per heavy atom. The van der Waals surface area contributed by atoms with Crippen molar-refractivity contribution in [3.05, 3.63) is 29.8 Å². The average molecular weight is 265 g/mol. The van der Waals surface area contributed by atoms with Crippen LogP contribution >= 0.6 is 12.6 Å². The van der Waals surface area contributed by atoms with E-state index in [0.29, 0.717) is 26.2 Å². The van der Waals surface area contributed by atoms with Gasteiger partial charge in [-0.1, -0.05) is 12.1 Å². The van der Waals surface area contributed by atoms with Crippen LogP contribution in [0.1, 0.15) is 19.4 Å². The molecule has 1 aromatic carbocycles. The van der Waals surface area contributed by atoms with E-state index in [1.54, 1.807) is 0 Å². The van der Waals surface area contributed by atoms with E-state index in [1.165, 1.54) is 0 Å². The largest absolute Gasteiger partial charge is 0.377 e. The van der Waals surface area contributed by atoms with Gasteiger partial charge in [0.1, 0.15) is 0 Å². The smallest absolute Gasteiger partial charge is 0.227 e. The van der Waals surface area contributed by atoms with Gasteiger partial charge in [-0.2, -0.15) is 0 Å². The van der Waals surface area contributed by atoms with Crippen LogP contribution in [0.25, 0.3) is 0 Å². The van der Waals surface area contributed by atoms with Gasteiger partial charge in [0.05, 0.1) is 25.2 Å². The number of nitrogens with zero attached hydrogens (tertiary/aromatic N) is 1. The van der Waals surface area contributed by atoms with Crippen molar-refractivity contribution >= 4 is 18.5 Å². The van der Waals surface area contributed by atoms with Crippen molar-refractivity contribution in [1.82, 2.24) is 4.90 Å². The third-order valence-corrected chi connectivity index (χ3v) is 3.54. The highest BCUT2D eigenvalue weighted by Crippen LogP contribution is 2.20. The number of benzene rings is 1. The number of amides is 1. The standard InChI is InChI=1S/C14H19NO2S/c1-14(2)10-17-8-7-15(14)13(16)9-11-3-5-12(18)6-4-11/h3-6,18H,7-10H2,1-2H3. The fraction of sp³-hybridized carbons (Fsp3) is 0.500. The van der Waals surface area contributed by atoms with Crippen molar-refractivity contribution in [2.24, 2.45) is 0 Å². The fourth-order valence-corrected chi connectivity index (χ4v) is 2.35. The van der Waals surface area contributed by atoms with Crippen LogP contribution in [0.5, 0.6) is 0 Å². The Hall–Kier alpha value is -1.00. The average Bonchev–Trinajstić information content (AvgIpc) is 2.31. The summed E-state index contributed by atoms with van der Waals surface area (Å²) in [6.07, 6.45) is 0.442. The molecule has 0 aromatic heterocycles. The molecule has 0 N–H and O–H groups in total. The number of morpholine rings is 1. The summed E-state index contributed by atoms with van der Waals surface area (Å²) in [6, 6.07) is 7.73. The monoisotopic (exact) mass is 265 g/mol. The van der Waals surface area contributed by atoms with Crippen molar-refractivity contribution < 1.29 is 9.53 Å². The molecule has 1 heterocycles. The van der Waals surface area contributed by atoms with Gasteiger partial charge in [0, 0.05) is 11.4 Å². The SMILES string of the molecule is CC1(C)COCCN1C(=O)Cc1ccc(S)cc1. The van der Waals surface area contributed by atoms with Gasteiger partial charge in [-0.25, -0.2) is 0 Å². The van der Waals surface area contributed by atoms with Crippen LogP contribution < -0.4 is 0 Å². The van der Waals surface area contributed by atoms with E-state index in [-0.39, 0.29) is 11.4 Å². The molecule has 0 radical (unpaired) electrons. The summed E-state index contributed by atoms with van der Waals surface area (Å²) in [7, 11) is 0. The molecular formula is C14H19NO2S. The predicted octanol–water partition coefficient (Wildman–Crippen LogP) is 2.16. The Bertz CT molecular complexity index is 428. The third-order valence-electron chi connectivity index (χ3n) is 3.24. The highest BCUT2D eigenvalue weighted by molar-refractivity contribution is 7.80. The third kappa shape index (κ3) is 3.06. The van der Waals surface area contributed by atoms with Gasteiger partial charge in [-0.15, -0.1) is 12.6 Å². The molecule has 18 heavy (non-hydrogen) atoms. The first kappa shape index (κ1) is 13.4. The molecule has 0 saturated carbocycles. The minimum absolute atomic E-state index is 0.162. The summed E-state index contributed by atoms with van der Waals surface area (Å²) in [5.41, 5.74) is 0.818. The van der Waals surface area contributed by atoms with E-state index in [1.807, 2.05) is 43.0 Å². The van der Waals surface area contributed by atoms with Crippen molar-refractivity contribution in [2.45, 2.75) is 30.7 Å². The van der Waals surface area contributed by atoms with Crippen LogP contribution in [0.15, 0.2) is 29.2 Å². The lowest BCUT2D eigenvalue weighted by atomic mass is 10.0. The van der Waals surface area contributed by atoms with Crippen LogP contribution in [0.4, 0.5) is 0 Å². The molecular weight excluding hydrogens is 246 g/mol. The molecule has 0 unspecified atom stereocenters. The number of carbonyl (C=O) groups is 1. The van der Waals surface area contributed by atoms with Crippen LogP contribution in [-0.2, 0) is 16.0 Å². The highest BCUT2D eigenvalue weighted by atomic mass is 32.1. The molecule has 0 bridgehead atoms. The maximum atomic E-state index is 12.3. The van der Waals surface area contributed by atoms with Gasteiger partial charge >= 0.3 is 0 Å². The Morgan fingerprint density at radius 1 is 1.39 bits per heavy atom. The molecule has 98 valence electrons.